The lowest BCUT2D eigenvalue weighted by atomic mass is 10.1. The van der Waals surface area contributed by atoms with Gasteiger partial charge in [0.1, 0.15) is 29.5 Å². The Hall–Kier alpha value is -8.19. The average molecular weight is 873 g/mol. The van der Waals surface area contributed by atoms with Gasteiger partial charge in [0, 0.05) is 41.8 Å². The number of methoxy groups -OCH3 is 1. The molecule has 0 aliphatic heterocycles. The number of benzene rings is 7. The first kappa shape index (κ1) is 44.9. The number of nitrogens with zero attached hydrogens (tertiary/aromatic N) is 1. The third-order valence-electron chi connectivity index (χ3n) is 10.1. The largest absolute Gasteiger partial charge is 0.495 e. The van der Waals surface area contributed by atoms with E-state index in [9.17, 15) is 24.5 Å². The number of nitrogens with one attached hydrogen (secondary N) is 3. The second-order valence-corrected chi connectivity index (χ2v) is 16.1. The Bertz CT molecular complexity index is 2840. The van der Waals surface area contributed by atoms with Crippen LogP contribution in [0.15, 0.2) is 152 Å². The molecule has 0 heterocycles. The fourth-order valence-corrected chi connectivity index (χ4v) is 6.86. The van der Waals surface area contributed by atoms with Crippen LogP contribution in [0.4, 0.5) is 17.1 Å². The molecule has 0 aliphatic rings. The standard InChI is InChI=1S/C52H48N4O9/c1-52(2,3)65-42-21-15-34(16-22-42)26-27-63-48-31-41(20-25-45(48)56(60)61)51(59)54-43-23-19-40(29-46(43)62-4)50(58)55-44-24-18-39(30-47(44)64-33-35-10-6-5-7-11-35)49(57)53-32-36-14-17-37-12-8-9-13-38(37)28-36/h5-25,28-31H,26-27,32-33H2,1-4H3,(H,53,57)(H,54,59)(H,55,58). The number of rotatable bonds is 17. The zero-order valence-electron chi connectivity index (χ0n) is 36.4. The normalized spacial score (nSPS) is 11.0. The zero-order valence-corrected chi connectivity index (χ0v) is 36.4. The fourth-order valence-electron chi connectivity index (χ4n) is 6.86. The first-order chi connectivity index (χ1) is 31.3. The van der Waals surface area contributed by atoms with Crippen LogP contribution >= 0.6 is 0 Å². The summed E-state index contributed by atoms with van der Waals surface area (Å²) >= 11 is 0. The van der Waals surface area contributed by atoms with Crippen molar-refractivity contribution in [3.8, 4) is 23.0 Å². The van der Waals surface area contributed by atoms with Crippen LogP contribution in [-0.2, 0) is 19.6 Å². The molecule has 13 nitrogen and oxygen atoms in total. The highest BCUT2D eigenvalue weighted by molar-refractivity contribution is 6.08. The molecule has 3 amide bonds. The number of hydrogen-bond donors (Lipinski definition) is 3. The first-order valence-electron chi connectivity index (χ1n) is 20.9. The van der Waals surface area contributed by atoms with Crippen molar-refractivity contribution in [1.29, 1.82) is 0 Å². The van der Waals surface area contributed by atoms with E-state index in [2.05, 4.69) is 16.0 Å². The van der Waals surface area contributed by atoms with E-state index in [1.165, 1.54) is 43.5 Å². The SMILES string of the molecule is COc1cc(C(=O)Nc2ccc(C(=O)NCc3ccc4ccccc4c3)cc2OCc2ccccc2)ccc1NC(=O)c1ccc([N+](=O)[O-])c(OCCc2ccc(OC(C)(C)C)cc2)c1. The van der Waals surface area contributed by atoms with Gasteiger partial charge in [0.15, 0.2) is 5.75 Å². The Kier molecular flexibility index (Phi) is 14.0. The highest BCUT2D eigenvalue weighted by Crippen LogP contribution is 2.32. The maximum absolute atomic E-state index is 13.7. The minimum Gasteiger partial charge on any atom is -0.495 e. The highest BCUT2D eigenvalue weighted by atomic mass is 16.6. The van der Waals surface area contributed by atoms with Crippen molar-refractivity contribution in [3.05, 3.63) is 195 Å². The second kappa shape index (κ2) is 20.3. The van der Waals surface area contributed by atoms with Crippen LogP contribution < -0.4 is 34.9 Å². The topological polar surface area (TPSA) is 167 Å². The molecule has 0 saturated heterocycles. The predicted molar refractivity (Wildman–Crippen MR) is 250 cm³/mol. The Balaban J connectivity index is 1.02. The minimum absolute atomic E-state index is 0.0592. The third kappa shape index (κ3) is 12.0. The molecule has 330 valence electrons. The lowest BCUT2D eigenvalue weighted by molar-refractivity contribution is -0.385. The number of carbonyl (C=O) groups is 3. The Morgan fingerprint density at radius 1 is 0.585 bits per heavy atom. The van der Waals surface area contributed by atoms with Gasteiger partial charge >= 0.3 is 5.69 Å². The van der Waals surface area contributed by atoms with Crippen molar-refractivity contribution < 1.29 is 38.3 Å². The molecule has 0 unspecified atom stereocenters. The van der Waals surface area contributed by atoms with Crippen LogP contribution in [0.2, 0.25) is 0 Å². The molecule has 0 fully saturated rings. The van der Waals surface area contributed by atoms with Crippen molar-refractivity contribution in [1.82, 2.24) is 5.32 Å². The molecule has 7 aromatic rings. The van der Waals surface area contributed by atoms with Gasteiger partial charge in [-0.1, -0.05) is 78.9 Å². The van der Waals surface area contributed by atoms with Crippen LogP contribution in [0.1, 0.15) is 68.5 Å². The summed E-state index contributed by atoms with van der Waals surface area (Å²) in [6.07, 6.45) is 0.457. The van der Waals surface area contributed by atoms with E-state index in [0.29, 0.717) is 24.2 Å². The summed E-state index contributed by atoms with van der Waals surface area (Å²) in [6.45, 7) is 6.50. The van der Waals surface area contributed by atoms with E-state index in [1.54, 1.807) is 18.2 Å². The minimum atomic E-state index is -0.587. The Morgan fingerprint density at radius 3 is 1.83 bits per heavy atom. The van der Waals surface area contributed by atoms with Gasteiger partial charge in [-0.25, -0.2) is 0 Å². The second-order valence-electron chi connectivity index (χ2n) is 16.1. The summed E-state index contributed by atoms with van der Waals surface area (Å²) < 4.78 is 23.5. The van der Waals surface area contributed by atoms with Crippen LogP contribution in [-0.4, -0.2) is 42.0 Å². The van der Waals surface area contributed by atoms with Crippen molar-refractivity contribution in [2.45, 2.75) is 45.9 Å². The van der Waals surface area contributed by atoms with Gasteiger partial charge in [-0.05, 0) is 109 Å². The van der Waals surface area contributed by atoms with E-state index in [1.807, 2.05) is 118 Å². The molecule has 0 spiro atoms. The lowest BCUT2D eigenvalue weighted by Crippen LogP contribution is -2.23. The Morgan fingerprint density at radius 2 is 1.17 bits per heavy atom. The molecule has 0 saturated carbocycles. The quantitative estimate of drug-likeness (QED) is 0.0596. The van der Waals surface area contributed by atoms with Gasteiger partial charge in [0.25, 0.3) is 17.7 Å². The average Bonchev–Trinajstić information content (AvgIpc) is 3.30. The van der Waals surface area contributed by atoms with Crippen LogP contribution in [0.3, 0.4) is 0 Å². The van der Waals surface area contributed by atoms with E-state index in [-0.39, 0.29) is 64.5 Å². The van der Waals surface area contributed by atoms with Gasteiger partial charge < -0.3 is 34.9 Å². The van der Waals surface area contributed by atoms with Crippen LogP contribution in [0.25, 0.3) is 10.8 Å². The molecule has 13 heteroatoms. The Labute approximate surface area is 376 Å². The monoisotopic (exact) mass is 872 g/mol. The summed E-state index contributed by atoms with van der Waals surface area (Å²) in [5.41, 5.74) is 3.38. The summed E-state index contributed by atoms with van der Waals surface area (Å²) in [5.74, 6) is -0.281. The van der Waals surface area contributed by atoms with Gasteiger partial charge in [0.2, 0.25) is 0 Å². The number of carbonyl (C=O) groups excluding carboxylic acids is 3. The van der Waals surface area contributed by atoms with Crippen molar-refractivity contribution in [2.75, 3.05) is 24.4 Å². The first-order valence-corrected chi connectivity index (χ1v) is 20.9. The molecule has 3 N–H and O–H groups in total. The molecule has 0 atom stereocenters. The number of ether oxygens (including phenoxy) is 4. The third-order valence-corrected chi connectivity index (χ3v) is 10.1. The van der Waals surface area contributed by atoms with Crippen molar-refractivity contribution >= 4 is 45.6 Å². The van der Waals surface area contributed by atoms with Gasteiger partial charge in [-0.15, -0.1) is 0 Å². The maximum Gasteiger partial charge on any atom is 0.310 e. The number of fused-ring (bicyclic) bond motifs is 1. The van der Waals surface area contributed by atoms with Gasteiger partial charge in [-0.3, -0.25) is 24.5 Å². The molecular weight excluding hydrogens is 825 g/mol. The number of anilines is 2. The molecule has 0 radical (unpaired) electrons. The molecule has 0 aromatic heterocycles. The van der Waals surface area contributed by atoms with E-state index in [4.69, 9.17) is 18.9 Å². The molecule has 7 aromatic carbocycles. The van der Waals surface area contributed by atoms with E-state index < -0.39 is 16.7 Å². The van der Waals surface area contributed by atoms with Crippen LogP contribution in [0.5, 0.6) is 23.0 Å². The number of nitro groups is 1. The summed E-state index contributed by atoms with van der Waals surface area (Å²) in [5, 5.41) is 22.7. The summed E-state index contributed by atoms with van der Waals surface area (Å²) in [6, 6.07) is 44.2. The van der Waals surface area contributed by atoms with Crippen molar-refractivity contribution in [2.24, 2.45) is 0 Å². The fraction of sp³-hybridized carbons (Fsp3) is 0.173. The van der Waals surface area contributed by atoms with Gasteiger partial charge in [0.05, 0.1) is 30.0 Å². The highest BCUT2D eigenvalue weighted by Gasteiger charge is 2.21. The number of amides is 3. The number of nitro benzene ring substituents is 1. The molecule has 0 bridgehead atoms. The molecule has 0 aliphatic carbocycles. The maximum atomic E-state index is 13.7. The summed E-state index contributed by atoms with van der Waals surface area (Å²) in [4.78, 5) is 51.9. The summed E-state index contributed by atoms with van der Waals surface area (Å²) in [7, 11) is 1.40. The van der Waals surface area contributed by atoms with Gasteiger partial charge in [-0.2, -0.15) is 0 Å². The number of hydrogen-bond acceptors (Lipinski definition) is 9. The van der Waals surface area contributed by atoms with E-state index >= 15 is 0 Å². The molecule has 7 rings (SSSR count). The van der Waals surface area contributed by atoms with Crippen LogP contribution in [0, 0.1) is 10.1 Å². The predicted octanol–water partition coefficient (Wildman–Crippen LogP) is 10.6. The van der Waals surface area contributed by atoms with Crippen molar-refractivity contribution in [3.63, 3.8) is 0 Å². The molecule has 65 heavy (non-hydrogen) atoms. The zero-order chi connectivity index (χ0) is 45.9. The lowest BCUT2D eigenvalue weighted by Gasteiger charge is -2.21. The molecular formula is C52H48N4O9. The van der Waals surface area contributed by atoms with E-state index in [0.717, 1.165) is 33.2 Å². The smallest absolute Gasteiger partial charge is 0.310 e.